The van der Waals surface area contributed by atoms with E-state index in [4.69, 9.17) is 5.73 Å². The first-order valence-electron chi connectivity index (χ1n) is 5.16. The number of nitrogens with one attached hydrogen (secondary N) is 1. The molecule has 3 rings (SSSR count). The minimum absolute atomic E-state index is 0.435. The van der Waals surface area contributed by atoms with Crippen molar-refractivity contribution in [2.24, 2.45) is 0 Å². The molecule has 1 atom stereocenters. The maximum absolute atomic E-state index is 5.81. The number of nitrogen functional groups attached to an aromatic ring is 1. The van der Waals surface area contributed by atoms with Gasteiger partial charge >= 0.3 is 0 Å². The number of hydrogen-bond acceptors (Lipinski definition) is 4. The Hall–Kier alpha value is -1.62. The Labute approximate surface area is 87.3 Å². The van der Waals surface area contributed by atoms with Gasteiger partial charge in [-0.05, 0) is 25.1 Å². The number of aromatic nitrogens is 3. The van der Waals surface area contributed by atoms with Crippen molar-refractivity contribution >= 4 is 11.5 Å². The zero-order valence-electron chi connectivity index (χ0n) is 8.35. The van der Waals surface area contributed by atoms with E-state index in [2.05, 4.69) is 15.4 Å². The highest BCUT2D eigenvalue weighted by Gasteiger charge is 2.21. The Morgan fingerprint density at radius 3 is 3.13 bits per heavy atom. The van der Waals surface area contributed by atoms with Gasteiger partial charge in [0.25, 0.3) is 0 Å². The molecule has 1 aliphatic heterocycles. The van der Waals surface area contributed by atoms with E-state index in [-0.39, 0.29) is 0 Å². The highest BCUT2D eigenvalue weighted by molar-refractivity contribution is 5.46. The Morgan fingerprint density at radius 1 is 1.47 bits per heavy atom. The third kappa shape index (κ3) is 1.35. The molecule has 3 N–H and O–H groups in total. The summed E-state index contributed by atoms with van der Waals surface area (Å²) >= 11 is 0. The summed E-state index contributed by atoms with van der Waals surface area (Å²) in [6, 6.07) is 5.66. The monoisotopic (exact) mass is 203 g/mol. The molecule has 0 bridgehead atoms. The van der Waals surface area contributed by atoms with Crippen LogP contribution in [0.2, 0.25) is 0 Å². The largest absolute Gasteiger partial charge is 0.384 e. The lowest BCUT2D eigenvalue weighted by molar-refractivity contribution is 0.699. The molecule has 0 spiro atoms. The van der Waals surface area contributed by atoms with Crippen molar-refractivity contribution in [3.8, 4) is 0 Å². The van der Waals surface area contributed by atoms with E-state index in [0.29, 0.717) is 11.7 Å². The molecule has 78 valence electrons. The maximum atomic E-state index is 5.81. The second kappa shape index (κ2) is 3.20. The molecule has 1 unspecified atom stereocenters. The summed E-state index contributed by atoms with van der Waals surface area (Å²) in [5, 5.41) is 7.74. The van der Waals surface area contributed by atoms with E-state index >= 15 is 0 Å². The van der Waals surface area contributed by atoms with Gasteiger partial charge in [0.2, 0.25) is 0 Å². The standard InChI is InChI=1S/C10H13N5/c11-8-2-1-3-9-13-10(14-15(8)9)7-4-5-12-6-7/h1-3,7,12H,4-6,11H2. The zero-order valence-corrected chi connectivity index (χ0v) is 8.35. The number of fused-ring (bicyclic) bond motifs is 1. The fourth-order valence-corrected chi connectivity index (χ4v) is 1.99. The van der Waals surface area contributed by atoms with E-state index in [1.807, 2.05) is 18.2 Å². The Balaban J connectivity index is 2.09. The van der Waals surface area contributed by atoms with Crippen LogP contribution in [0.25, 0.3) is 5.65 Å². The van der Waals surface area contributed by atoms with Crippen molar-refractivity contribution < 1.29 is 0 Å². The van der Waals surface area contributed by atoms with Crippen LogP contribution in [0.1, 0.15) is 18.2 Å². The fourth-order valence-electron chi connectivity index (χ4n) is 1.99. The number of rotatable bonds is 1. The van der Waals surface area contributed by atoms with Crippen LogP contribution in [0.4, 0.5) is 5.82 Å². The van der Waals surface area contributed by atoms with Gasteiger partial charge in [0, 0.05) is 12.5 Å². The first kappa shape index (κ1) is 8.67. The first-order valence-corrected chi connectivity index (χ1v) is 5.16. The van der Waals surface area contributed by atoms with Crippen LogP contribution >= 0.6 is 0 Å². The minimum Gasteiger partial charge on any atom is -0.384 e. The summed E-state index contributed by atoms with van der Waals surface area (Å²) in [7, 11) is 0. The summed E-state index contributed by atoms with van der Waals surface area (Å²) < 4.78 is 1.70. The number of anilines is 1. The van der Waals surface area contributed by atoms with Crippen LogP contribution in [-0.2, 0) is 0 Å². The SMILES string of the molecule is Nc1cccc2nc(C3CCNC3)nn12. The summed E-state index contributed by atoms with van der Waals surface area (Å²) in [6.45, 7) is 2.02. The normalized spacial score (nSPS) is 21.2. The molecule has 15 heavy (non-hydrogen) atoms. The van der Waals surface area contributed by atoms with Gasteiger partial charge in [0.15, 0.2) is 11.5 Å². The zero-order chi connectivity index (χ0) is 10.3. The quantitative estimate of drug-likeness (QED) is 0.703. The first-order chi connectivity index (χ1) is 7.34. The number of pyridine rings is 1. The van der Waals surface area contributed by atoms with Crippen LogP contribution in [0.3, 0.4) is 0 Å². The van der Waals surface area contributed by atoms with Crippen molar-refractivity contribution in [1.29, 1.82) is 0 Å². The number of nitrogens with two attached hydrogens (primary N) is 1. The van der Waals surface area contributed by atoms with Gasteiger partial charge in [-0.1, -0.05) is 6.07 Å². The van der Waals surface area contributed by atoms with Gasteiger partial charge in [-0.3, -0.25) is 0 Å². The van der Waals surface area contributed by atoms with Crippen molar-refractivity contribution in [2.75, 3.05) is 18.8 Å². The van der Waals surface area contributed by atoms with Crippen LogP contribution in [0, 0.1) is 0 Å². The molecular weight excluding hydrogens is 190 g/mol. The van der Waals surface area contributed by atoms with Crippen LogP contribution in [0.15, 0.2) is 18.2 Å². The number of hydrogen-bond donors (Lipinski definition) is 2. The Kier molecular flexibility index (Phi) is 1.85. The molecule has 0 aromatic carbocycles. The van der Waals surface area contributed by atoms with E-state index in [9.17, 15) is 0 Å². The van der Waals surface area contributed by atoms with Gasteiger partial charge in [-0.2, -0.15) is 4.52 Å². The second-order valence-corrected chi connectivity index (χ2v) is 3.88. The van der Waals surface area contributed by atoms with E-state index in [1.165, 1.54) is 0 Å². The lowest BCUT2D eigenvalue weighted by atomic mass is 10.1. The molecule has 0 aliphatic carbocycles. The summed E-state index contributed by atoms with van der Waals surface area (Å²) in [6.07, 6.45) is 1.11. The molecule has 0 radical (unpaired) electrons. The van der Waals surface area contributed by atoms with E-state index in [0.717, 1.165) is 31.0 Å². The highest BCUT2D eigenvalue weighted by atomic mass is 15.3. The van der Waals surface area contributed by atoms with Crippen LogP contribution in [-0.4, -0.2) is 27.7 Å². The maximum Gasteiger partial charge on any atom is 0.157 e. The van der Waals surface area contributed by atoms with Gasteiger partial charge < -0.3 is 11.1 Å². The molecule has 3 heterocycles. The molecule has 1 fully saturated rings. The predicted molar refractivity (Wildman–Crippen MR) is 57.6 cm³/mol. The van der Waals surface area contributed by atoms with Crippen molar-refractivity contribution in [1.82, 2.24) is 19.9 Å². The van der Waals surface area contributed by atoms with Crippen molar-refractivity contribution in [3.63, 3.8) is 0 Å². The number of nitrogens with zero attached hydrogens (tertiary/aromatic N) is 3. The molecule has 5 nitrogen and oxygen atoms in total. The molecule has 2 aromatic rings. The van der Waals surface area contributed by atoms with Crippen molar-refractivity contribution in [2.45, 2.75) is 12.3 Å². The summed E-state index contributed by atoms with van der Waals surface area (Å²) in [4.78, 5) is 4.49. The fraction of sp³-hybridized carbons (Fsp3) is 0.400. The molecule has 1 saturated heterocycles. The summed E-state index contributed by atoms with van der Waals surface area (Å²) in [5.74, 6) is 1.97. The minimum atomic E-state index is 0.435. The average Bonchev–Trinajstić information content (AvgIpc) is 2.86. The molecule has 1 aliphatic rings. The second-order valence-electron chi connectivity index (χ2n) is 3.88. The van der Waals surface area contributed by atoms with Gasteiger partial charge in [0.05, 0.1) is 0 Å². The lowest BCUT2D eigenvalue weighted by Crippen LogP contribution is -2.09. The van der Waals surface area contributed by atoms with Gasteiger partial charge in [-0.25, -0.2) is 4.98 Å². The van der Waals surface area contributed by atoms with Crippen LogP contribution < -0.4 is 11.1 Å². The third-order valence-corrected chi connectivity index (χ3v) is 2.83. The van der Waals surface area contributed by atoms with E-state index in [1.54, 1.807) is 4.52 Å². The Bertz CT molecular complexity index is 484. The topological polar surface area (TPSA) is 68.2 Å². The Morgan fingerprint density at radius 2 is 2.40 bits per heavy atom. The molecule has 2 aromatic heterocycles. The van der Waals surface area contributed by atoms with E-state index < -0.39 is 0 Å². The van der Waals surface area contributed by atoms with Gasteiger partial charge in [-0.15, -0.1) is 5.10 Å². The average molecular weight is 203 g/mol. The smallest absolute Gasteiger partial charge is 0.157 e. The lowest BCUT2D eigenvalue weighted by Gasteiger charge is -1.99. The molecule has 0 amide bonds. The highest BCUT2D eigenvalue weighted by Crippen LogP contribution is 2.20. The molecular formula is C10H13N5. The predicted octanol–water partition coefficient (Wildman–Crippen LogP) is 0.388. The van der Waals surface area contributed by atoms with Crippen molar-refractivity contribution in [3.05, 3.63) is 24.0 Å². The third-order valence-electron chi connectivity index (χ3n) is 2.83. The summed E-state index contributed by atoms with van der Waals surface area (Å²) in [5.41, 5.74) is 6.64. The van der Waals surface area contributed by atoms with Gasteiger partial charge in [0.1, 0.15) is 5.82 Å². The van der Waals surface area contributed by atoms with Crippen LogP contribution in [0.5, 0.6) is 0 Å². The molecule has 5 heteroatoms. The molecule has 0 saturated carbocycles.